The number of anilines is 1. The minimum Gasteiger partial charge on any atom is -0.494 e. The molecule has 0 unspecified atom stereocenters. The first-order valence-electron chi connectivity index (χ1n) is 6.99. The molecule has 0 saturated heterocycles. The molecule has 0 atom stereocenters. The second-order valence-electron chi connectivity index (χ2n) is 4.91. The molecule has 116 valence electrons. The van der Waals surface area contributed by atoms with Crippen LogP contribution in [0.2, 0.25) is 0 Å². The number of carbonyl (C=O) groups excluding carboxylic acids is 1. The summed E-state index contributed by atoms with van der Waals surface area (Å²) < 4.78 is 31.2. The summed E-state index contributed by atoms with van der Waals surface area (Å²) in [5.74, 6) is -0.350. The van der Waals surface area contributed by atoms with Gasteiger partial charge in [0.2, 0.25) is 5.91 Å². The van der Waals surface area contributed by atoms with Crippen LogP contribution in [0.5, 0.6) is 5.75 Å². The van der Waals surface area contributed by atoms with E-state index in [4.69, 9.17) is 4.74 Å². The summed E-state index contributed by atoms with van der Waals surface area (Å²) in [6, 6.07) is 9.95. The van der Waals surface area contributed by atoms with Gasteiger partial charge in [0.1, 0.15) is 17.4 Å². The van der Waals surface area contributed by atoms with Crippen LogP contribution < -0.4 is 10.1 Å². The van der Waals surface area contributed by atoms with E-state index in [2.05, 4.69) is 5.32 Å². The highest BCUT2D eigenvalue weighted by atomic mass is 19.1. The van der Waals surface area contributed by atoms with Crippen LogP contribution >= 0.6 is 0 Å². The maximum atomic E-state index is 13.1. The van der Waals surface area contributed by atoms with Gasteiger partial charge in [-0.25, -0.2) is 8.78 Å². The fourth-order valence-corrected chi connectivity index (χ4v) is 1.90. The minimum absolute atomic E-state index is 0.198. The van der Waals surface area contributed by atoms with Gasteiger partial charge in [-0.2, -0.15) is 0 Å². The van der Waals surface area contributed by atoms with Crippen molar-refractivity contribution in [1.29, 1.82) is 0 Å². The zero-order valence-electron chi connectivity index (χ0n) is 12.2. The minimum atomic E-state index is -0.388. The van der Waals surface area contributed by atoms with E-state index in [0.29, 0.717) is 24.5 Å². The largest absolute Gasteiger partial charge is 0.494 e. The van der Waals surface area contributed by atoms with E-state index in [0.717, 1.165) is 5.56 Å². The van der Waals surface area contributed by atoms with Gasteiger partial charge in [0.15, 0.2) is 0 Å². The lowest BCUT2D eigenvalue weighted by Gasteiger charge is -2.09. The van der Waals surface area contributed by atoms with Crippen molar-refractivity contribution in [2.24, 2.45) is 0 Å². The Kier molecular flexibility index (Phi) is 5.47. The Hall–Kier alpha value is -2.43. The van der Waals surface area contributed by atoms with Gasteiger partial charge < -0.3 is 10.1 Å². The summed E-state index contributed by atoms with van der Waals surface area (Å²) in [6.07, 6.45) is 0.773. The molecule has 1 amide bonds. The highest BCUT2D eigenvalue weighted by molar-refractivity contribution is 5.91. The third-order valence-corrected chi connectivity index (χ3v) is 3.10. The third-order valence-electron chi connectivity index (χ3n) is 3.10. The molecule has 0 spiro atoms. The van der Waals surface area contributed by atoms with E-state index in [1.54, 1.807) is 13.0 Å². The molecule has 0 bridgehead atoms. The SMILES string of the molecule is Cc1ccc(F)cc1NC(=O)CCCOc1ccc(F)cc1. The van der Waals surface area contributed by atoms with Gasteiger partial charge in [0, 0.05) is 12.1 Å². The van der Waals surface area contributed by atoms with Crippen LogP contribution in [0.4, 0.5) is 14.5 Å². The number of halogens is 2. The lowest BCUT2D eigenvalue weighted by atomic mass is 10.2. The molecular weight excluding hydrogens is 288 g/mol. The van der Waals surface area contributed by atoms with Crippen LogP contribution in [0.15, 0.2) is 42.5 Å². The van der Waals surface area contributed by atoms with Crippen molar-refractivity contribution in [2.75, 3.05) is 11.9 Å². The van der Waals surface area contributed by atoms with Crippen molar-refractivity contribution < 1.29 is 18.3 Å². The van der Waals surface area contributed by atoms with E-state index in [-0.39, 0.29) is 24.0 Å². The van der Waals surface area contributed by atoms with E-state index in [1.807, 2.05) is 0 Å². The molecule has 2 aromatic carbocycles. The molecule has 0 saturated carbocycles. The van der Waals surface area contributed by atoms with Crippen molar-refractivity contribution in [3.8, 4) is 5.75 Å². The van der Waals surface area contributed by atoms with Crippen molar-refractivity contribution in [2.45, 2.75) is 19.8 Å². The van der Waals surface area contributed by atoms with Crippen LogP contribution in [0.25, 0.3) is 0 Å². The fourth-order valence-electron chi connectivity index (χ4n) is 1.90. The first-order valence-corrected chi connectivity index (χ1v) is 6.99. The van der Waals surface area contributed by atoms with Gasteiger partial charge in [-0.15, -0.1) is 0 Å². The maximum absolute atomic E-state index is 13.1. The summed E-state index contributed by atoms with van der Waals surface area (Å²) >= 11 is 0. The van der Waals surface area contributed by atoms with E-state index >= 15 is 0 Å². The summed E-state index contributed by atoms with van der Waals surface area (Å²) in [5.41, 5.74) is 1.28. The molecule has 0 heterocycles. The van der Waals surface area contributed by atoms with E-state index in [9.17, 15) is 13.6 Å². The monoisotopic (exact) mass is 305 g/mol. The zero-order valence-corrected chi connectivity index (χ0v) is 12.2. The van der Waals surface area contributed by atoms with Crippen molar-refractivity contribution in [3.05, 3.63) is 59.7 Å². The molecule has 1 N–H and O–H groups in total. The second-order valence-corrected chi connectivity index (χ2v) is 4.91. The molecule has 2 aromatic rings. The Morgan fingerprint density at radius 3 is 2.50 bits per heavy atom. The molecule has 5 heteroatoms. The Morgan fingerprint density at radius 1 is 1.09 bits per heavy atom. The van der Waals surface area contributed by atoms with Crippen LogP contribution in [0, 0.1) is 18.6 Å². The van der Waals surface area contributed by atoms with Gasteiger partial charge in [-0.3, -0.25) is 4.79 Å². The summed E-state index contributed by atoms with van der Waals surface area (Å²) in [5, 5.41) is 2.67. The van der Waals surface area contributed by atoms with Gasteiger partial charge >= 0.3 is 0 Å². The number of rotatable bonds is 6. The normalized spacial score (nSPS) is 10.3. The van der Waals surface area contributed by atoms with Crippen molar-refractivity contribution >= 4 is 11.6 Å². The van der Waals surface area contributed by atoms with Gasteiger partial charge in [-0.1, -0.05) is 6.07 Å². The molecule has 22 heavy (non-hydrogen) atoms. The lowest BCUT2D eigenvalue weighted by Crippen LogP contribution is -2.13. The molecule has 0 aliphatic carbocycles. The van der Waals surface area contributed by atoms with Crippen LogP contribution in [-0.2, 0) is 4.79 Å². The number of aryl methyl sites for hydroxylation is 1. The smallest absolute Gasteiger partial charge is 0.224 e. The molecule has 0 radical (unpaired) electrons. The van der Waals surface area contributed by atoms with E-state index < -0.39 is 0 Å². The Bertz CT molecular complexity index is 642. The number of carbonyl (C=O) groups is 1. The predicted molar refractivity (Wildman–Crippen MR) is 80.9 cm³/mol. The number of hydrogen-bond acceptors (Lipinski definition) is 2. The first-order chi connectivity index (χ1) is 10.5. The molecule has 0 aliphatic heterocycles. The van der Waals surface area contributed by atoms with Gasteiger partial charge in [-0.05, 0) is 55.3 Å². The number of ether oxygens (including phenoxy) is 1. The zero-order chi connectivity index (χ0) is 15.9. The Labute approximate surface area is 127 Å². The summed E-state index contributed by atoms with van der Waals surface area (Å²) in [7, 11) is 0. The standard InChI is InChI=1S/C17H17F2NO2/c1-12-4-5-14(19)11-16(12)20-17(21)3-2-10-22-15-8-6-13(18)7-9-15/h4-9,11H,2-3,10H2,1H3,(H,20,21). The molecule has 3 nitrogen and oxygen atoms in total. The maximum Gasteiger partial charge on any atom is 0.224 e. The van der Waals surface area contributed by atoms with Crippen LogP contribution in [-0.4, -0.2) is 12.5 Å². The highest BCUT2D eigenvalue weighted by Crippen LogP contribution is 2.16. The third kappa shape index (κ3) is 4.84. The van der Waals surface area contributed by atoms with Crippen molar-refractivity contribution in [1.82, 2.24) is 0 Å². The molecule has 2 rings (SSSR count). The first kappa shape index (κ1) is 15.9. The number of hydrogen-bond donors (Lipinski definition) is 1. The molecular formula is C17H17F2NO2. The Morgan fingerprint density at radius 2 is 1.77 bits per heavy atom. The van der Waals surface area contributed by atoms with Crippen molar-refractivity contribution in [3.63, 3.8) is 0 Å². The average Bonchev–Trinajstić information content (AvgIpc) is 2.49. The van der Waals surface area contributed by atoms with E-state index in [1.165, 1.54) is 36.4 Å². The molecule has 0 aliphatic rings. The number of nitrogens with one attached hydrogen (secondary N) is 1. The summed E-state index contributed by atoms with van der Waals surface area (Å²) in [6.45, 7) is 2.15. The Balaban J connectivity index is 1.74. The quantitative estimate of drug-likeness (QED) is 0.817. The predicted octanol–water partition coefficient (Wildman–Crippen LogP) is 4.07. The van der Waals surface area contributed by atoms with Crippen LogP contribution in [0.1, 0.15) is 18.4 Å². The topological polar surface area (TPSA) is 38.3 Å². The lowest BCUT2D eigenvalue weighted by molar-refractivity contribution is -0.116. The van der Waals surface area contributed by atoms with Gasteiger partial charge in [0.25, 0.3) is 0 Å². The molecule has 0 aromatic heterocycles. The van der Waals surface area contributed by atoms with Gasteiger partial charge in [0.05, 0.1) is 6.61 Å². The second kappa shape index (κ2) is 7.54. The number of amides is 1. The van der Waals surface area contributed by atoms with Crippen LogP contribution in [0.3, 0.4) is 0 Å². The average molecular weight is 305 g/mol. The molecule has 0 fully saturated rings. The summed E-state index contributed by atoms with van der Waals surface area (Å²) in [4.78, 5) is 11.8. The fraction of sp³-hybridized carbons (Fsp3) is 0.235. The highest BCUT2D eigenvalue weighted by Gasteiger charge is 2.06. The number of benzene rings is 2.